The Hall–Kier alpha value is -2.89. The van der Waals surface area contributed by atoms with Crippen LogP contribution in [0.3, 0.4) is 0 Å². The third-order valence-electron chi connectivity index (χ3n) is 6.24. The summed E-state index contributed by atoms with van der Waals surface area (Å²) in [7, 11) is 1.74. The molecule has 5 nitrogen and oxygen atoms in total. The average Bonchev–Trinajstić information content (AvgIpc) is 3.48. The number of carbonyl (C=O) groups is 1. The molecule has 158 valence electrons. The topological polar surface area (TPSA) is 65.5 Å². The van der Waals surface area contributed by atoms with Gasteiger partial charge in [0.1, 0.15) is 5.82 Å². The van der Waals surface area contributed by atoms with E-state index in [0.29, 0.717) is 19.0 Å². The predicted octanol–water partition coefficient (Wildman–Crippen LogP) is 3.96. The van der Waals surface area contributed by atoms with Crippen molar-refractivity contribution in [1.82, 2.24) is 10.6 Å². The monoisotopic (exact) mass is 408 g/mol. The predicted molar refractivity (Wildman–Crippen MR) is 118 cm³/mol. The summed E-state index contributed by atoms with van der Waals surface area (Å²) in [6, 6.07) is 14.8. The molecule has 2 aromatic rings. The summed E-state index contributed by atoms with van der Waals surface area (Å²) in [5, 5.41) is 9.73. The zero-order valence-corrected chi connectivity index (χ0v) is 17.4. The molecular weight excluding hydrogens is 379 g/mol. The number of benzene rings is 2. The maximum absolute atomic E-state index is 13.6. The maximum atomic E-state index is 13.6. The number of aliphatic imine (C=N–C) groups is 1. The molecule has 0 atom stereocenters. The summed E-state index contributed by atoms with van der Waals surface area (Å²) >= 11 is 0. The number of nitrogens with zero attached hydrogens (tertiary/aromatic N) is 1. The molecule has 0 heterocycles. The van der Waals surface area contributed by atoms with Crippen molar-refractivity contribution in [2.75, 3.05) is 18.9 Å². The maximum Gasteiger partial charge on any atom is 0.227 e. The molecule has 0 unspecified atom stereocenters. The molecule has 3 N–H and O–H groups in total. The first-order valence-corrected chi connectivity index (χ1v) is 10.7. The van der Waals surface area contributed by atoms with E-state index in [1.165, 1.54) is 6.07 Å². The van der Waals surface area contributed by atoms with Gasteiger partial charge in [0, 0.05) is 37.2 Å². The van der Waals surface area contributed by atoms with Gasteiger partial charge >= 0.3 is 0 Å². The number of nitrogens with one attached hydrogen (secondary N) is 3. The van der Waals surface area contributed by atoms with Crippen LogP contribution in [0.5, 0.6) is 0 Å². The Morgan fingerprint density at radius 1 is 1.13 bits per heavy atom. The second-order valence-electron chi connectivity index (χ2n) is 8.39. The third-order valence-corrected chi connectivity index (χ3v) is 6.24. The number of hydrogen-bond donors (Lipinski definition) is 3. The summed E-state index contributed by atoms with van der Waals surface area (Å²) in [6.07, 6.45) is 5.22. The second-order valence-corrected chi connectivity index (χ2v) is 8.39. The molecule has 2 aliphatic carbocycles. The van der Waals surface area contributed by atoms with Crippen molar-refractivity contribution < 1.29 is 9.18 Å². The fourth-order valence-electron chi connectivity index (χ4n) is 3.87. The number of anilines is 1. The number of amides is 1. The first kappa shape index (κ1) is 20.4. The molecule has 30 heavy (non-hydrogen) atoms. The highest BCUT2D eigenvalue weighted by Crippen LogP contribution is 2.47. The summed E-state index contributed by atoms with van der Waals surface area (Å²) in [5.74, 6) is 0.811. The van der Waals surface area contributed by atoms with Crippen LogP contribution in [-0.2, 0) is 16.8 Å². The van der Waals surface area contributed by atoms with Gasteiger partial charge in [0.2, 0.25) is 5.91 Å². The molecule has 0 saturated heterocycles. The van der Waals surface area contributed by atoms with Crippen molar-refractivity contribution in [1.29, 1.82) is 0 Å². The standard InChI is InChI=1S/C24H29FN4O/c1-26-23(28-16-24(11-12-24)19-8-4-9-20(25)14-19)27-15-17-5-2-10-21(13-17)29-22(30)18-6-3-7-18/h2,4-5,8-10,13-14,18H,3,6-7,11-12,15-16H2,1H3,(H,29,30)(H2,26,27,28). The van der Waals surface area contributed by atoms with Gasteiger partial charge in [-0.1, -0.05) is 30.7 Å². The fraction of sp³-hybridized carbons (Fsp3) is 0.417. The summed E-state index contributed by atoms with van der Waals surface area (Å²) in [5.41, 5.74) is 2.93. The highest BCUT2D eigenvalue weighted by Gasteiger charge is 2.44. The van der Waals surface area contributed by atoms with Gasteiger partial charge in [0.15, 0.2) is 5.96 Å². The molecule has 2 saturated carbocycles. The highest BCUT2D eigenvalue weighted by molar-refractivity contribution is 5.93. The van der Waals surface area contributed by atoms with Crippen LogP contribution in [0.4, 0.5) is 10.1 Å². The van der Waals surface area contributed by atoms with Crippen LogP contribution in [0, 0.1) is 11.7 Å². The Kier molecular flexibility index (Phi) is 6.02. The van der Waals surface area contributed by atoms with Crippen molar-refractivity contribution in [3.8, 4) is 0 Å². The summed E-state index contributed by atoms with van der Waals surface area (Å²) < 4.78 is 13.6. The number of hydrogen-bond acceptors (Lipinski definition) is 2. The first-order chi connectivity index (χ1) is 14.6. The van der Waals surface area contributed by atoms with Crippen LogP contribution in [0.1, 0.15) is 43.2 Å². The van der Waals surface area contributed by atoms with E-state index in [1.54, 1.807) is 19.2 Å². The van der Waals surface area contributed by atoms with Crippen LogP contribution in [0.25, 0.3) is 0 Å². The van der Waals surface area contributed by atoms with E-state index in [2.05, 4.69) is 20.9 Å². The smallest absolute Gasteiger partial charge is 0.227 e. The van der Waals surface area contributed by atoms with Crippen LogP contribution in [-0.4, -0.2) is 25.5 Å². The Labute approximate surface area is 177 Å². The van der Waals surface area contributed by atoms with Crippen molar-refractivity contribution in [2.45, 2.75) is 44.1 Å². The molecule has 4 rings (SSSR count). The zero-order valence-electron chi connectivity index (χ0n) is 17.4. The van der Waals surface area contributed by atoms with E-state index in [1.807, 2.05) is 30.3 Å². The van der Waals surface area contributed by atoms with E-state index in [-0.39, 0.29) is 23.1 Å². The molecule has 0 radical (unpaired) electrons. The summed E-state index contributed by atoms with van der Waals surface area (Å²) in [4.78, 5) is 16.5. The van der Waals surface area contributed by atoms with Gasteiger partial charge in [-0.3, -0.25) is 9.79 Å². The Morgan fingerprint density at radius 3 is 2.60 bits per heavy atom. The molecular formula is C24H29FN4O. The highest BCUT2D eigenvalue weighted by atomic mass is 19.1. The van der Waals surface area contributed by atoms with E-state index in [4.69, 9.17) is 0 Å². The van der Waals surface area contributed by atoms with E-state index >= 15 is 0 Å². The largest absolute Gasteiger partial charge is 0.356 e. The lowest BCUT2D eigenvalue weighted by Gasteiger charge is -2.24. The second kappa shape index (κ2) is 8.86. The van der Waals surface area contributed by atoms with Gasteiger partial charge in [-0.2, -0.15) is 0 Å². The number of rotatable bonds is 7. The van der Waals surface area contributed by atoms with Crippen LogP contribution >= 0.6 is 0 Å². The van der Waals surface area contributed by atoms with Gasteiger partial charge in [0.05, 0.1) is 0 Å². The quantitative estimate of drug-likeness (QED) is 0.480. The van der Waals surface area contributed by atoms with Gasteiger partial charge in [0.25, 0.3) is 0 Å². The molecule has 1 amide bonds. The van der Waals surface area contributed by atoms with Gasteiger partial charge in [-0.15, -0.1) is 0 Å². The van der Waals surface area contributed by atoms with E-state index in [0.717, 1.165) is 48.9 Å². The van der Waals surface area contributed by atoms with E-state index in [9.17, 15) is 9.18 Å². The molecule has 2 fully saturated rings. The number of guanidine groups is 1. The minimum Gasteiger partial charge on any atom is -0.356 e. The molecule has 0 aliphatic heterocycles. The fourth-order valence-corrected chi connectivity index (χ4v) is 3.87. The molecule has 0 bridgehead atoms. The molecule has 2 aromatic carbocycles. The lowest BCUT2D eigenvalue weighted by atomic mass is 9.85. The Bertz CT molecular complexity index is 934. The van der Waals surface area contributed by atoms with Crippen LogP contribution < -0.4 is 16.0 Å². The minimum absolute atomic E-state index is 0.00849. The van der Waals surface area contributed by atoms with Crippen molar-refractivity contribution in [3.63, 3.8) is 0 Å². The van der Waals surface area contributed by atoms with Gasteiger partial charge < -0.3 is 16.0 Å². The normalized spacial score (nSPS) is 17.7. The van der Waals surface area contributed by atoms with Crippen LogP contribution in [0.2, 0.25) is 0 Å². The molecule has 6 heteroatoms. The lowest BCUT2D eigenvalue weighted by molar-refractivity contribution is -0.122. The van der Waals surface area contributed by atoms with Crippen molar-refractivity contribution in [2.24, 2.45) is 10.9 Å². The average molecular weight is 409 g/mol. The number of halogens is 1. The SMILES string of the molecule is CN=C(NCc1cccc(NC(=O)C2CCC2)c1)NCC1(c2cccc(F)c2)CC1. The lowest BCUT2D eigenvalue weighted by Crippen LogP contribution is -2.40. The third kappa shape index (κ3) is 4.81. The number of carbonyl (C=O) groups excluding carboxylic acids is 1. The molecule has 0 spiro atoms. The van der Waals surface area contributed by atoms with Gasteiger partial charge in [-0.25, -0.2) is 4.39 Å². The Morgan fingerprint density at radius 2 is 1.93 bits per heavy atom. The zero-order chi connectivity index (χ0) is 21.0. The summed E-state index contributed by atoms with van der Waals surface area (Å²) in [6.45, 7) is 1.31. The molecule has 0 aromatic heterocycles. The van der Waals surface area contributed by atoms with Crippen molar-refractivity contribution >= 4 is 17.6 Å². The van der Waals surface area contributed by atoms with Crippen molar-refractivity contribution in [3.05, 3.63) is 65.5 Å². The van der Waals surface area contributed by atoms with E-state index < -0.39 is 0 Å². The Balaban J connectivity index is 1.29. The molecule has 2 aliphatic rings. The van der Waals surface area contributed by atoms with Crippen LogP contribution in [0.15, 0.2) is 53.5 Å². The first-order valence-electron chi connectivity index (χ1n) is 10.7. The minimum atomic E-state index is -0.189. The van der Waals surface area contributed by atoms with Gasteiger partial charge in [-0.05, 0) is 61.1 Å².